The minimum atomic E-state index is 0.461. The van der Waals surface area contributed by atoms with Gasteiger partial charge in [0.1, 0.15) is 11.5 Å². The predicted molar refractivity (Wildman–Crippen MR) is 56.6 cm³/mol. The summed E-state index contributed by atoms with van der Waals surface area (Å²) >= 11 is 0. The van der Waals surface area contributed by atoms with Crippen LogP contribution in [0.5, 0.6) is 0 Å². The third kappa shape index (κ3) is 1.54. The molecule has 0 aliphatic heterocycles. The summed E-state index contributed by atoms with van der Waals surface area (Å²) in [6.07, 6.45) is 4.20. The highest BCUT2D eigenvalue weighted by atomic mass is 16.1. The Morgan fingerprint density at radius 2 is 2.27 bits per heavy atom. The van der Waals surface area contributed by atoms with Crippen LogP contribution in [0.1, 0.15) is 16.3 Å². The van der Waals surface area contributed by atoms with E-state index in [-0.39, 0.29) is 0 Å². The largest absolute Gasteiger partial charge is 0.331 e. The topological polar surface area (TPSA) is 47.8 Å². The standard InChI is InChI=1S/C11H11N3O/c1-8-13-10(7-15)11(14(8)2)9-4-3-5-12-6-9/h3-7H,1-2H3. The number of carbonyl (C=O) groups is 1. The van der Waals surface area contributed by atoms with Gasteiger partial charge in [-0.25, -0.2) is 4.98 Å². The molecule has 0 bridgehead atoms. The summed E-state index contributed by atoms with van der Waals surface area (Å²) in [5.41, 5.74) is 2.18. The van der Waals surface area contributed by atoms with Gasteiger partial charge in [-0.3, -0.25) is 9.78 Å². The lowest BCUT2D eigenvalue weighted by Crippen LogP contribution is -1.95. The van der Waals surface area contributed by atoms with Gasteiger partial charge in [0.15, 0.2) is 6.29 Å². The van der Waals surface area contributed by atoms with Crippen LogP contribution in [0.3, 0.4) is 0 Å². The van der Waals surface area contributed by atoms with E-state index >= 15 is 0 Å². The fourth-order valence-corrected chi connectivity index (χ4v) is 1.56. The smallest absolute Gasteiger partial charge is 0.170 e. The molecule has 0 N–H and O–H groups in total. The number of aromatic nitrogens is 3. The van der Waals surface area contributed by atoms with Gasteiger partial charge < -0.3 is 4.57 Å². The second-order valence-corrected chi connectivity index (χ2v) is 3.31. The lowest BCUT2D eigenvalue weighted by atomic mass is 10.2. The van der Waals surface area contributed by atoms with Gasteiger partial charge in [0.25, 0.3) is 0 Å². The predicted octanol–water partition coefficient (Wildman–Crippen LogP) is 1.60. The van der Waals surface area contributed by atoms with E-state index < -0.39 is 0 Å². The van der Waals surface area contributed by atoms with E-state index in [1.807, 2.05) is 30.7 Å². The van der Waals surface area contributed by atoms with Crippen molar-refractivity contribution in [1.82, 2.24) is 14.5 Å². The van der Waals surface area contributed by atoms with Crippen LogP contribution in [0, 0.1) is 6.92 Å². The molecule has 4 nitrogen and oxygen atoms in total. The van der Waals surface area contributed by atoms with Gasteiger partial charge in [0.05, 0.1) is 5.69 Å². The van der Waals surface area contributed by atoms with Gasteiger partial charge in [-0.05, 0) is 19.1 Å². The maximum Gasteiger partial charge on any atom is 0.170 e. The summed E-state index contributed by atoms with van der Waals surface area (Å²) < 4.78 is 1.89. The first-order valence-electron chi connectivity index (χ1n) is 4.63. The molecule has 0 fully saturated rings. The van der Waals surface area contributed by atoms with Crippen LogP contribution in [0.25, 0.3) is 11.3 Å². The average molecular weight is 201 g/mol. The van der Waals surface area contributed by atoms with Crippen molar-refractivity contribution >= 4 is 6.29 Å². The molecular weight excluding hydrogens is 190 g/mol. The van der Waals surface area contributed by atoms with Crippen molar-refractivity contribution in [2.45, 2.75) is 6.92 Å². The zero-order valence-electron chi connectivity index (χ0n) is 8.64. The Hall–Kier alpha value is -1.97. The van der Waals surface area contributed by atoms with E-state index in [2.05, 4.69) is 9.97 Å². The molecule has 0 spiro atoms. The molecule has 0 saturated heterocycles. The fourth-order valence-electron chi connectivity index (χ4n) is 1.56. The first-order chi connectivity index (χ1) is 7.24. The van der Waals surface area contributed by atoms with E-state index in [0.29, 0.717) is 5.69 Å². The third-order valence-electron chi connectivity index (χ3n) is 2.39. The van der Waals surface area contributed by atoms with E-state index in [4.69, 9.17) is 0 Å². The zero-order valence-corrected chi connectivity index (χ0v) is 8.64. The molecule has 15 heavy (non-hydrogen) atoms. The van der Waals surface area contributed by atoms with E-state index in [1.165, 1.54) is 0 Å². The fraction of sp³-hybridized carbons (Fsp3) is 0.182. The van der Waals surface area contributed by atoms with E-state index in [0.717, 1.165) is 23.4 Å². The number of hydrogen-bond acceptors (Lipinski definition) is 3. The lowest BCUT2D eigenvalue weighted by Gasteiger charge is -2.03. The first kappa shape index (κ1) is 9.58. The molecule has 2 aromatic rings. The second-order valence-electron chi connectivity index (χ2n) is 3.31. The normalized spacial score (nSPS) is 10.3. The van der Waals surface area contributed by atoms with Crippen LogP contribution < -0.4 is 0 Å². The van der Waals surface area contributed by atoms with Crippen molar-refractivity contribution in [2.24, 2.45) is 7.05 Å². The van der Waals surface area contributed by atoms with Gasteiger partial charge in [0.2, 0.25) is 0 Å². The lowest BCUT2D eigenvalue weighted by molar-refractivity contribution is 0.112. The minimum Gasteiger partial charge on any atom is -0.331 e. The number of rotatable bonds is 2. The van der Waals surface area contributed by atoms with Crippen LogP contribution in [0.2, 0.25) is 0 Å². The number of carbonyl (C=O) groups excluding carboxylic acids is 1. The number of imidazole rings is 1. The zero-order chi connectivity index (χ0) is 10.8. The number of pyridine rings is 1. The van der Waals surface area contributed by atoms with Gasteiger partial charge in [-0.15, -0.1) is 0 Å². The second kappa shape index (κ2) is 3.65. The number of aldehydes is 1. The Kier molecular flexibility index (Phi) is 2.33. The van der Waals surface area contributed by atoms with Crippen LogP contribution >= 0.6 is 0 Å². The molecule has 0 aromatic carbocycles. The highest BCUT2D eigenvalue weighted by Gasteiger charge is 2.12. The summed E-state index contributed by atoms with van der Waals surface area (Å²) in [6, 6.07) is 3.75. The Bertz CT molecular complexity index is 488. The Balaban J connectivity index is 2.66. The molecule has 2 heterocycles. The molecule has 2 rings (SSSR count). The molecule has 0 radical (unpaired) electrons. The maximum atomic E-state index is 10.9. The number of hydrogen-bond donors (Lipinski definition) is 0. The van der Waals surface area contributed by atoms with Crippen molar-refractivity contribution in [3.05, 3.63) is 36.0 Å². The Morgan fingerprint density at radius 3 is 2.87 bits per heavy atom. The summed E-state index contributed by atoms with van der Waals surface area (Å²) in [4.78, 5) is 19.1. The van der Waals surface area contributed by atoms with Gasteiger partial charge in [-0.2, -0.15) is 0 Å². The first-order valence-corrected chi connectivity index (χ1v) is 4.63. The summed E-state index contributed by atoms with van der Waals surface area (Å²) in [5.74, 6) is 0.816. The molecule has 2 aromatic heterocycles. The number of aryl methyl sites for hydroxylation is 1. The molecular formula is C11H11N3O. The van der Waals surface area contributed by atoms with Crippen molar-refractivity contribution < 1.29 is 4.79 Å². The molecule has 4 heteroatoms. The summed E-state index contributed by atoms with van der Waals surface area (Å²) in [6.45, 7) is 1.87. The SMILES string of the molecule is Cc1nc(C=O)c(-c2cccnc2)n1C. The Labute approximate surface area is 87.6 Å². The van der Waals surface area contributed by atoms with Crippen molar-refractivity contribution in [3.63, 3.8) is 0 Å². The highest BCUT2D eigenvalue weighted by Crippen LogP contribution is 2.21. The van der Waals surface area contributed by atoms with Crippen LogP contribution in [-0.2, 0) is 7.05 Å². The van der Waals surface area contributed by atoms with Gasteiger partial charge in [0, 0.05) is 25.0 Å². The molecule has 0 saturated carbocycles. The monoisotopic (exact) mass is 201 g/mol. The van der Waals surface area contributed by atoms with E-state index in [1.54, 1.807) is 12.4 Å². The Morgan fingerprint density at radius 1 is 1.47 bits per heavy atom. The van der Waals surface area contributed by atoms with Gasteiger partial charge >= 0.3 is 0 Å². The molecule has 0 unspecified atom stereocenters. The molecule has 0 amide bonds. The average Bonchev–Trinajstić information content (AvgIpc) is 2.56. The molecule has 0 aliphatic carbocycles. The molecule has 76 valence electrons. The summed E-state index contributed by atoms with van der Waals surface area (Å²) in [7, 11) is 1.89. The van der Waals surface area contributed by atoms with Gasteiger partial charge in [-0.1, -0.05) is 0 Å². The van der Waals surface area contributed by atoms with Crippen molar-refractivity contribution in [1.29, 1.82) is 0 Å². The molecule has 0 aliphatic rings. The third-order valence-corrected chi connectivity index (χ3v) is 2.39. The quantitative estimate of drug-likeness (QED) is 0.693. The number of nitrogens with zero attached hydrogens (tertiary/aromatic N) is 3. The van der Waals surface area contributed by atoms with E-state index in [9.17, 15) is 4.79 Å². The summed E-state index contributed by atoms with van der Waals surface area (Å²) in [5, 5.41) is 0. The molecule has 0 atom stereocenters. The van der Waals surface area contributed by atoms with Crippen LogP contribution in [0.15, 0.2) is 24.5 Å². The minimum absolute atomic E-state index is 0.461. The van der Waals surface area contributed by atoms with Crippen molar-refractivity contribution in [2.75, 3.05) is 0 Å². The maximum absolute atomic E-state index is 10.9. The highest BCUT2D eigenvalue weighted by molar-refractivity contribution is 5.83. The van der Waals surface area contributed by atoms with Crippen LogP contribution in [-0.4, -0.2) is 20.8 Å². The van der Waals surface area contributed by atoms with Crippen molar-refractivity contribution in [3.8, 4) is 11.3 Å². The van der Waals surface area contributed by atoms with Crippen LogP contribution in [0.4, 0.5) is 0 Å².